The first-order valence-corrected chi connectivity index (χ1v) is 8.56. The van der Waals surface area contributed by atoms with Crippen molar-refractivity contribution in [3.05, 3.63) is 71.7 Å². The van der Waals surface area contributed by atoms with Crippen molar-refractivity contribution in [3.8, 4) is 0 Å². The standard InChI is InChI=1S/C20H18F4N4/c1-12(2)13-4-3-5-16(10-13)26-18-17(20(22,23)24)11-25-19(28-18)27-15-8-6-14(21)7-9-15/h3-12H,1-2H3,(H2,25,26,27,28). The van der Waals surface area contributed by atoms with Crippen molar-refractivity contribution >= 4 is 23.1 Å². The predicted molar refractivity (Wildman–Crippen MR) is 101 cm³/mol. The normalized spacial score (nSPS) is 11.5. The summed E-state index contributed by atoms with van der Waals surface area (Å²) in [5, 5.41) is 5.51. The molecule has 0 aliphatic heterocycles. The van der Waals surface area contributed by atoms with Gasteiger partial charge >= 0.3 is 6.18 Å². The molecule has 0 saturated heterocycles. The van der Waals surface area contributed by atoms with E-state index in [1.807, 2.05) is 19.9 Å². The summed E-state index contributed by atoms with van der Waals surface area (Å²) in [6.45, 7) is 3.99. The van der Waals surface area contributed by atoms with Crippen molar-refractivity contribution in [2.75, 3.05) is 10.6 Å². The molecule has 3 rings (SSSR count). The van der Waals surface area contributed by atoms with Gasteiger partial charge in [0, 0.05) is 17.6 Å². The Morgan fingerprint density at radius 3 is 2.29 bits per heavy atom. The van der Waals surface area contributed by atoms with Crippen molar-refractivity contribution in [2.24, 2.45) is 0 Å². The lowest BCUT2D eigenvalue weighted by atomic mass is 10.0. The second-order valence-electron chi connectivity index (χ2n) is 6.49. The van der Waals surface area contributed by atoms with E-state index in [1.165, 1.54) is 24.3 Å². The highest BCUT2D eigenvalue weighted by Crippen LogP contribution is 2.35. The topological polar surface area (TPSA) is 49.8 Å². The summed E-state index contributed by atoms with van der Waals surface area (Å²) in [6.07, 6.45) is -3.90. The lowest BCUT2D eigenvalue weighted by molar-refractivity contribution is -0.137. The van der Waals surface area contributed by atoms with Crippen LogP contribution in [0, 0.1) is 5.82 Å². The molecule has 4 nitrogen and oxygen atoms in total. The molecule has 8 heteroatoms. The third-order valence-corrected chi connectivity index (χ3v) is 4.01. The van der Waals surface area contributed by atoms with Crippen LogP contribution in [0.5, 0.6) is 0 Å². The van der Waals surface area contributed by atoms with Crippen LogP contribution in [0.25, 0.3) is 0 Å². The Hall–Kier alpha value is -3.16. The maximum atomic E-state index is 13.4. The average Bonchev–Trinajstić information content (AvgIpc) is 2.63. The van der Waals surface area contributed by atoms with Crippen LogP contribution >= 0.6 is 0 Å². The molecule has 1 aromatic heterocycles. The number of alkyl halides is 3. The average molecular weight is 390 g/mol. The van der Waals surface area contributed by atoms with Gasteiger partial charge in [-0.2, -0.15) is 18.2 Å². The van der Waals surface area contributed by atoms with E-state index >= 15 is 0 Å². The summed E-state index contributed by atoms with van der Waals surface area (Å²) < 4.78 is 53.1. The van der Waals surface area contributed by atoms with Gasteiger partial charge in [0.2, 0.25) is 5.95 Å². The van der Waals surface area contributed by atoms with Gasteiger partial charge in [0.1, 0.15) is 17.2 Å². The fraction of sp³-hybridized carbons (Fsp3) is 0.200. The Bertz CT molecular complexity index is 953. The summed E-state index contributed by atoms with van der Waals surface area (Å²) in [5.74, 6) is -0.605. The van der Waals surface area contributed by atoms with E-state index in [2.05, 4.69) is 20.6 Å². The highest BCUT2D eigenvalue weighted by Gasteiger charge is 2.35. The van der Waals surface area contributed by atoms with Crippen LogP contribution in [-0.4, -0.2) is 9.97 Å². The first-order valence-electron chi connectivity index (χ1n) is 8.56. The molecule has 0 aliphatic rings. The fourth-order valence-electron chi connectivity index (χ4n) is 2.52. The number of aromatic nitrogens is 2. The lowest BCUT2D eigenvalue weighted by Crippen LogP contribution is -2.12. The van der Waals surface area contributed by atoms with Gasteiger partial charge in [-0.15, -0.1) is 0 Å². The quantitative estimate of drug-likeness (QED) is 0.506. The van der Waals surface area contributed by atoms with Crippen LogP contribution in [0.3, 0.4) is 0 Å². The first kappa shape index (κ1) is 19.6. The molecule has 1 heterocycles. The van der Waals surface area contributed by atoms with Crippen molar-refractivity contribution < 1.29 is 17.6 Å². The summed E-state index contributed by atoms with van der Waals surface area (Å²) in [5.41, 5.74) is 0.946. The van der Waals surface area contributed by atoms with E-state index in [0.29, 0.717) is 17.6 Å². The number of rotatable bonds is 5. The second kappa shape index (κ2) is 7.84. The van der Waals surface area contributed by atoms with E-state index in [4.69, 9.17) is 0 Å². The zero-order chi connectivity index (χ0) is 20.3. The zero-order valence-electron chi connectivity index (χ0n) is 15.2. The number of halogens is 4. The van der Waals surface area contributed by atoms with Crippen LogP contribution in [0.2, 0.25) is 0 Å². The van der Waals surface area contributed by atoms with Gasteiger partial charge in [0.05, 0.1) is 0 Å². The second-order valence-corrected chi connectivity index (χ2v) is 6.49. The molecular weight excluding hydrogens is 372 g/mol. The third-order valence-electron chi connectivity index (χ3n) is 4.01. The Balaban J connectivity index is 1.94. The minimum Gasteiger partial charge on any atom is -0.340 e. The number of nitrogens with zero attached hydrogens (tertiary/aromatic N) is 2. The first-order chi connectivity index (χ1) is 13.2. The van der Waals surface area contributed by atoms with E-state index in [0.717, 1.165) is 5.56 Å². The van der Waals surface area contributed by atoms with Crippen molar-refractivity contribution in [3.63, 3.8) is 0 Å². The van der Waals surface area contributed by atoms with E-state index in [1.54, 1.807) is 18.2 Å². The number of hydrogen-bond acceptors (Lipinski definition) is 4. The van der Waals surface area contributed by atoms with Crippen molar-refractivity contribution in [1.82, 2.24) is 9.97 Å². The van der Waals surface area contributed by atoms with Crippen molar-refractivity contribution in [1.29, 1.82) is 0 Å². The van der Waals surface area contributed by atoms with Gasteiger partial charge in [0.15, 0.2) is 0 Å². The minimum absolute atomic E-state index is 0.0397. The highest BCUT2D eigenvalue weighted by atomic mass is 19.4. The molecule has 0 amide bonds. The Morgan fingerprint density at radius 2 is 1.64 bits per heavy atom. The molecule has 0 bridgehead atoms. The fourth-order valence-corrected chi connectivity index (χ4v) is 2.52. The molecule has 0 atom stereocenters. The molecule has 3 aromatic rings. The predicted octanol–water partition coefficient (Wildman–Crippen LogP) is 6.25. The van der Waals surface area contributed by atoms with E-state index in [9.17, 15) is 17.6 Å². The number of nitrogens with one attached hydrogen (secondary N) is 2. The molecule has 0 saturated carbocycles. The van der Waals surface area contributed by atoms with Gasteiger partial charge in [-0.05, 0) is 47.9 Å². The van der Waals surface area contributed by atoms with Crippen LogP contribution in [0.15, 0.2) is 54.7 Å². The molecule has 28 heavy (non-hydrogen) atoms. The third kappa shape index (κ3) is 4.76. The van der Waals surface area contributed by atoms with Gasteiger partial charge in [-0.25, -0.2) is 9.37 Å². The lowest BCUT2D eigenvalue weighted by Gasteiger charge is -2.16. The monoisotopic (exact) mass is 390 g/mol. The zero-order valence-corrected chi connectivity index (χ0v) is 15.2. The maximum absolute atomic E-state index is 13.4. The number of anilines is 4. The molecular formula is C20H18F4N4. The van der Waals surface area contributed by atoms with Crippen LogP contribution in [0.4, 0.5) is 40.7 Å². The van der Waals surface area contributed by atoms with Gasteiger partial charge in [-0.1, -0.05) is 26.0 Å². The summed E-state index contributed by atoms with van der Waals surface area (Å²) >= 11 is 0. The summed E-state index contributed by atoms with van der Waals surface area (Å²) in [7, 11) is 0. The molecule has 146 valence electrons. The SMILES string of the molecule is CC(C)c1cccc(Nc2nc(Nc3ccc(F)cc3)ncc2C(F)(F)F)c1. The molecule has 0 aliphatic carbocycles. The molecule has 0 radical (unpaired) electrons. The molecule has 0 unspecified atom stereocenters. The smallest absolute Gasteiger partial charge is 0.340 e. The van der Waals surface area contributed by atoms with Crippen molar-refractivity contribution in [2.45, 2.75) is 25.9 Å². The van der Waals surface area contributed by atoms with E-state index < -0.39 is 17.6 Å². The highest BCUT2D eigenvalue weighted by molar-refractivity contribution is 5.63. The molecule has 0 fully saturated rings. The Morgan fingerprint density at radius 1 is 0.929 bits per heavy atom. The molecule has 2 aromatic carbocycles. The summed E-state index contributed by atoms with van der Waals surface area (Å²) in [6, 6.07) is 12.4. The summed E-state index contributed by atoms with van der Waals surface area (Å²) in [4.78, 5) is 7.71. The van der Waals surface area contributed by atoms with Crippen LogP contribution < -0.4 is 10.6 Å². The largest absolute Gasteiger partial charge is 0.421 e. The van der Waals surface area contributed by atoms with Gasteiger partial charge < -0.3 is 10.6 Å². The van der Waals surface area contributed by atoms with Crippen LogP contribution in [-0.2, 0) is 6.18 Å². The van der Waals surface area contributed by atoms with Gasteiger partial charge in [0.25, 0.3) is 0 Å². The number of benzene rings is 2. The van der Waals surface area contributed by atoms with Gasteiger partial charge in [-0.3, -0.25) is 0 Å². The Labute approximate surface area is 159 Å². The molecule has 2 N–H and O–H groups in total. The maximum Gasteiger partial charge on any atom is 0.421 e. The van der Waals surface area contributed by atoms with Crippen LogP contribution in [0.1, 0.15) is 30.9 Å². The number of hydrogen-bond donors (Lipinski definition) is 2. The Kier molecular flexibility index (Phi) is 5.48. The minimum atomic E-state index is -4.62. The molecule has 0 spiro atoms. The van der Waals surface area contributed by atoms with E-state index in [-0.39, 0.29) is 17.7 Å².